The highest BCUT2D eigenvalue weighted by Crippen LogP contribution is 2.25. The maximum absolute atomic E-state index is 12.0. The number of hydrogen-bond donors (Lipinski definition) is 0. The van der Waals surface area contributed by atoms with Crippen molar-refractivity contribution in [2.24, 2.45) is 0 Å². The Hall–Kier alpha value is -0.870. The number of halogens is 1. The van der Waals surface area contributed by atoms with E-state index in [0.29, 0.717) is 12.1 Å². The fourth-order valence-electron chi connectivity index (χ4n) is 1.64. The normalized spacial score (nSPS) is 10.6. The van der Waals surface area contributed by atoms with Crippen molar-refractivity contribution in [3.8, 4) is 5.75 Å². The molecule has 0 aliphatic carbocycles. The fraction of sp³-hybridized carbons (Fsp3) is 0.462. The summed E-state index contributed by atoms with van der Waals surface area (Å²) in [5.74, 6) is 0.868. The first-order valence-corrected chi connectivity index (χ1v) is 6.43. The summed E-state index contributed by atoms with van der Waals surface area (Å²) in [7, 11) is 3.57. The Balaban J connectivity index is 2.72. The molecule has 0 aliphatic rings. The zero-order valence-corrected chi connectivity index (χ0v) is 12.1. The first-order valence-electron chi connectivity index (χ1n) is 5.63. The standard InChI is InChI=1S/C13H18BrNO2/c1-4-7-15(2)9-12(16)10-5-6-13(17-3)11(14)8-10/h5-6,8H,4,7,9H2,1-3H3. The number of ether oxygens (including phenoxy) is 1. The van der Waals surface area contributed by atoms with Crippen LogP contribution in [0.3, 0.4) is 0 Å². The summed E-state index contributed by atoms with van der Waals surface area (Å²) >= 11 is 3.38. The number of carbonyl (C=O) groups excluding carboxylic acids is 1. The van der Waals surface area contributed by atoms with Gasteiger partial charge in [0.1, 0.15) is 5.75 Å². The van der Waals surface area contributed by atoms with E-state index in [1.165, 1.54) is 0 Å². The van der Waals surface area contributed by atoms with Gasteiger partial charge in [-0.2, -0.15) is 0 Å². The van der Waals surface area contributed by atoms with E-state index in [1.54, 1.807) is 25.3 Å². The zero-order chi connectivity index (χ0) is 12.8. The van der Waals surface area contributed by atoms with Crippen molar-refractivity contribution in [3.63, 3.8) is 0 Å². The fourth-order valence-corrected chi connectivity index (χ4v) is 2.18. The summed E-state index contributed by atoms with van der Waals surface area (Å²) in [6.45, 7) is 3.49. The molecule has 1 rings (SSSR count). The van der Waals surface area contributed by atoms with Gasteiger partial charge in [-0.15, -0.1) is 0 Å². The largest absolute Gasteiger partial charge is 0.496 e. The zero-order valence-electron chi connectivity index (χ0n) is 10.5. The number of methoxy groups -OCH3 is 1. The predicted octanol–water partition coefficient (Wildman–Crippen LogP) is 2.98. The third-order valence-electron chi connectivity index (χ3n) is 2.49. The SMILES string of the molecule is CCCN(C)CC(=O)c1ccc(OC)c(Br)c1. The van der Waals surface area contributed by atoms with Crippen molar-refractivity contribution in [1.82, 2.24) is 4.90 Å². The molecule has 17 heavy (non-hydrogen) atoms. The lowest BCUT2D eigenvalue weighted by Crippen LogP contribution is -2.26. The summed E-state index contributed by atoms with van der Waals surface area (Å²) in [5, 5.41) is 0. The summed E-state index contributed by atoms with van der Waals surface area (Å²) in [6.07, 6.45) is 1.05. The Morgan fingerprint density at radius 3 is 2.71 bits per heavy atom. The summed E-state index contributed by atoms with van der Waals surface area (Å²) < 4.78 is 5.94. The van der Waals surface area contributed by atoms with Gasteiger partial charge in [0, 0.05) is 5.56 Å². The molecular formula is C13H18BrNO2. The molecule has 0 saturated carbocycles. The average molecular weight is 300 g/mol. The lowest BCUT2D eigenvalue weighted by atomic mass is 10.1. The van der Waals surface area contributed by atoms with Gasteiger partial charge < -0.3 is 4.74 Å². The van der Waals surface area contributed by atoms with Crippen LogP contribution in [0.1, 0.15) is 23.7 Å². The van der Waals surface area contributed by atoms with Crippen LogP contribution in [-0.2, 0) is 0 Å². The van der Waals surface area contributed by atoms with Gasteiger partial charge in [0.05, 0.1) is 18.1 Å². The molecule has 0 aliphatic heterocycles. The van der Waals surface area contributed by atoms with Gasteiger partial charge in [-0.05, 0) is 54.1 Å². The predicted molar refractivity (Wildman–Crippen MR) is 72.8 cm³/mol. The molecule has 0 amide bonds. The molecule has 1 aromatic carbocycles. The van der Waals surface area contributed by atoms with Crippen molar-refractivity contribution >= 4 is 21.7 Å². The average Bonchev–Trinajstić information content (AvgIpc) is 2.29. The quantitative estimate of drug-likeness (QED) is 0.756. The molecule has 0 fully saturated rings. The molecule has 0 atom stereocenters. The number of rotatable bonds is 6. The van der Waals surface area contributed by atoms with Crippen molar-refractivity contribution in [1.29, 1.82) is 0 Å². The van der Waals surface area contributed by atoms with Crippen LogP contribution in [0.2, 0.25) is 0 Å². The van der Waals surface area contributed by atoms with E-state index in [2.05, 4.69) is 22.9 Å². The molecule has 94 valence electrons. The van der Waals surface area contributed by atoms with E-state index in [4.69, 9.17) is 4.74 Å². The van der Waals surface area contributed by atoms with Gasteiger partial charge in [-0.3, -0.25) is 9.69 Å². The Morgan fingerprint density at radius 1 is 1.47 bits per heavy atom. The van der Waals surface area contributed by atoms with Crippen molar-refractivity contribution < 1.29 is 9.53 Å². The third kappa shape index (κ3) is 4.13. The summed E-state index contributed by atoms with van der Waals surface area (Å²) in [5.41, 5.74) is 0.709. The maximum atomic E-state index is 12.0. The van der Waals surface area contributed by atoms with E-state index in [1.807, 2.05) is 11.9 Å². The van der Waals surface area contributed by atoms with Crippen LogP contribution < -0.4 is 4.74 Å². The molecule has 1 aromatic rings. The molecule has 0 radical (unpaired) electrons. The number of hydrogen-bond acceptors (Lipinski definition) is 3. The van der Waals surface area contributed by atoms with Crippen molar-refractivity contribution in [2.75, 3.05) is 27.2 Å². The first kappa shape index (κ1) is 14.2. The first-order chi connectivity index (χ1) is 8.08. The van der Waals surface area contributed by atoms with Gasteiger partial charge in [-0.1, -0.05) is 6.92 Å². The monoisotopic (exact) mass is 299 g/mol. The van der Waals surface area contributed by atoms with Crippen LogP contribution in [0, 0.1) is 0 Å². The van der Waals surface area contributed by atoms with Gasteiger partial charge in [0.2, 0.25) is 0 Å². The topological polar surface area (TPSA) is 29.5 Å². The highest BCUT2D eigenvalue weighted by atomic mass is 79.9. The maximum Gasteiger partial charge on any atom is 0.176 e. The van der Waals surface area contributed by atoms with Crippen molar-refractivity contribution in [2.45, 2.75) is 13.3 Å². The van der Waals surface area contributed by atoms with E-state index < -0.39 is 0 Å². The molecule has 0 heterocycles. The van der Waals surface area contributed by atoms with Crippen LogP contribution >= 0.6 is 15.9 Å². The lowest BCUT2D eigenvalue weighted by molar-refractivity contribution is 0.0946. The Labute approximate surface area is 111 Å². The molecule has 0 unspecified atom stereocenters. The second-order valence-electron chi connectivity index (χ2n) is 4.01. The Kier molecular flexibility index (Phi) is 5.65. The number of nitrogens with zero attached hydrogens (tertiary/aromatic N) is 1. The van der Waals surface area contributed by atoms with E-state index in [0.717, 1.165) is 23.2 Å². The van der Waals surface area contributed by atoms with Crippen LogP contribution in [-0.4, -0.2) is 37.9 Å². The van der Waals surface area contributed by atoms with Gasteiger partial charge in [0.15, 0.2) is 5.78 Å². The number of Topliss-reactive ketones (excluding diaryl/α,β-unsaturated/α-hetero) is 1. The third-order valence-corrected chi connectivity index (χ3v) is 3.11. The minimum Gasteiger partial charge on any atom is -0.496 e. The molecule has 0 saturated heterocycles. The molecule has 0 aromatic heterocycles. The highest BCUT2D eigenvalue weighted by molar-refractivity contribution is 9.10. The number of likely N-dealkylation sites (N-methyl/N-ethyl adjacent to an activating group) is 1. The molecular weight excluding hydrogens is 282 g/mol. The lowest BCUT2D eigenvalue weighted by Gasteiger charge is -2.14. The van der Waals surface area contributed by atoms with Crippen LogP contribution in [0.25, 0.3) is 0 Å². The summed E-state index contributed by atoms with van der Waals surface area (Å²) in [6, 6.07) is 5.41. The second kappa shape index (κ2) is 6.77. The molecule has 3 nitrogen and oxygen atoms in total. The van der Waals surface area contributed by atoms with Crippen molar-refractivity contribution in [3.05, 3.63) is 28.2 Å². The second-order valence-corrected chi connectivity index (χ2v) is 4.86. The highest BCUT2D eigenvalue weighted by Gasteiger charge is 2.10. The molecule has 0 spiro atoms. The number of benzene rings is 1. The van der Waals surface area contributed by atoms with Crippen LogP contribution in [0.5, 0.6) is 5.75 Å². The van der Waals surface area contributed by atoms with E-state index in [9.17, 15) is 4.79 Å². The Bertz CT molecular complexity index is 393. The molecule has 4 heteroatoms. The van der Waals surface area contributed by atoms with Gasteiger partial charge in [0.25, 0.3) is 0 Å². The smallest absolute Gasteiger partial charge is 0.176 e. The summed E-state index contributed by atoms with van der Waals surface area (Å²) in [4.78, 5) is 14.0. The van der Waals surface area contributed by atoms with Gasteiger partial charge >= 0.3 is 0 Å². The molecule has 0 bridgehead atoms. The van der Waals surface area contributed by atoms with E-state index >= 15 is 0 Å². The minimum absolute atomic E-state index is 0.129. The number of carbonyl (C=O) groups is 1. The molecule has 0 N–H and O–H groups in total. The van der Waals surface area contributed by atoms with Crippen LogP contribution in [0.15, 0.2) is 22.7 Å². The number of ketones is 1. The minimum atomic E-state index is 0.129. The van der Waals surface area contributed by atoms with Gasteiger partial charge in [-0.25, -0.2) is 0 Å². The Morgan fingerprint density at radius 2 is 2.18 bits per heavy atom. The van der Waals surface area contributed by atoms with E-state index in [-0.39, 0.29) is 5.78 Å². The van der Waals surface area contributed by atoms with Crippen LogP contribution in [0.4, 0.5) is 0 Å².